The molecule has 24 heavy (non-hydrogen) atoms. The van der Waals surface area contributed by atoms with Crippen LogP contribution in [-0.2, 0) is 6.42 Å². The van der Waals surface area contributed by atoms with Gasteiger partial charge in [-0.25, -0.2) is 0 Å². The lowest BCUT2D eigenvalue weighted by Gasteiger charge is -2.32. The van der Waals surface area contributed by atoms with Gasteiger partial charge in [-0.1, -0.05) is 6.92 Å². The summed E-state index contributed by atoms with van der Waals surface area (Å²) in [4.78, 5) is 32.5. The van der Waals surface area contributed by atoms with Gasteiger partial charge in [0.25, 0.3) is 5.91 Å². The van der Waals surface area contributed by atoms with Gasteiger partial charge in [0.1, 0.15) is 5.69 Å². The van der Waals surface area contributed by atoms with E-state index in [0.29, 0.717) is 23.7 Å². The van der Waals surface area contributed by atoms with Crippen LogP contribution in [0.15, 0.2) is 0 Å². The van der Waals surface area contributed by atoms with Crippen LogP contribution in [0.1, 0.15) is 52.4 Å². The van der Waals surface area contributed by atoms with Crippen LogP contribution in [-0.4, -0.2) is 71.8 Å². The molecule has 0 radical (unpaired) electrons. The fraction of sp³-hybridized carbons (Fsp3) is 0.667. The molecule has 1 amide bonds. The number of H-pyrrole nitrogens is 1. The lowest BCUT2D eigenvalue weighted by Crippen LogP contribution is -2.49. The molecule has 6 heteroatoms. The predicted molar refractivity (Wildman–Crippen MR) is 93.7 cm³/mol. The largest absolute Gasteiger partial charge is 0.354 e. The Morgan fingerprint density at radius 2 is 1.92 bits per heavy atom. The zero-order chi connectivity index (χ0) is 17.3. The van der Waals surface area contributed by atoms with Crippen molar-refractivity contribution in [1.29, 1.82) is 0 Å². The Kier molecular flexibility index (Phi) is 5.06. The van der Waals surface area contributed by atoms with Crippen molar-refractivity contribution in [2.45, 2.75) is 39.7 Å². The highest BCUT2D eigenvalue weighted by Crippen LogP contribution is 2.24. The van der Waals surface area contributed by atoms with Gasteiger partial charge in [0.05, 0.1) is 0 Å². The van der Waals surface area contributed by atoms with Crippen molar-refractivity contribution in [3.63, 3.8) is 0 Å². The summed E-state index contributed by atoms with van der Waals surface area (Å²) in [6, 6.07) is 0.462. The minimum absolute atomic E-state index is 0.0276. The molecule has 2 aliphatic heterocycles. The molecule has 2 aliphatic rings. The Morgan fingerprint density at radius 3 is 2.54 bits per heavy atom. The van der Waals surface area contributed by atoms with Gasteiger partial charge in [0, 0.05) is 56.6 Å². The predicted octanol–water partition coefficient (Wildman–Crippen LogP) is 1.21. The van der Waals surface area contributed by atoms with E-state index in [9.17, 15) is 9.59 Å². The highest BCUT2D eigenvalue weighted by atomic mass is 16.2. The minimum atomic E-state index is 0.0276. The second kappa shape index (κ2) is 7.07. The number of carbonyl (C=O) groups is 2. The van der Waals surface area contributed by atoms with Crippen molar-refractivity contribution >= 4 is 11.7 Å². The van der Waals surface area contributed by atoms with Crippen LogP contribution in [0.3, 0.4) is 0 Å². The van der Waals surface area contributed by atoms with Gasteiger partial charge in [0.2, 0.25) is 0 Å². The summed E-state index contributed by atoms with van der Waals surface area (Å²) < 4.78 is 0. The fourth-order valence-corrected chi connectivity index (χ4v) is 4.12. The van der Waals surface area contributed by atoms with Crippen LogP contribution in [0.4, 0.5) is 0 Å². The number of hydrogen-bond acceptors (Lipinski definition) is 4. The number of aromatic amines is 1. The van der Waals surface area contributed by atoms with Crippen LogP contribution in [0.2, 0.25) is 0 Å². The first-order chi connectivity index (χ1) is 11.5. The van der Waals surface area contributed by atoms with Crippen LogP contribution in [0.5, 0.6) is 0 Å². The van der Waals surface area contributed by atoms with E-state index in [4.69, 9.17) is 0 Å². The van der Waals surface area contributed by atoms with Gasteiger partial charge in [-0.05, 0) is 32.3 Å². The second-order valence-corrected chi connectivity index (χ2v) is 6.87. The smallest absolute Gasteiger partial charge is 0.270 e. The van der Waals surface area contributed by atoms with E-state index in [1.165, 1.54) is 0 Å². The third kappa shape index (κ3) is 3.13. The summed E-state index contributed by atoms with van der Waals surface area (Å²) in [5.74, 6) is 0.0693. The molecule has 2 saturated heterocycles. The molecular formula is C18H28N4O2. The lowest BCUT2D eigenvalue weighted by molar-refractivity contribution is 0.0767. The quantitative estimate of drug-likeness (QED) is 0.813. The van der Waals surface area contributed by atoms with E-state index in [0.717, 1.165) is 56.9 Å². The molecule has 3 heterocycles. The molecular weight excluding hydrogens is 304 g/mol. The number of Topliss-reactive ketones (excluding diaryl/α,β-unsaturated/α-hetero) is 1. The molecule has 0 aromatic carbocycles. The first kappa shape index (κ1) is 17.2. The number of nitrogens with zero attached hydrogens (tertiary/aromatic N) is 2. The van der Waals surface area contributed by atoms with Crippen LogP contribution in [0.25, 0.3) is 0 Å². The van der Waals surface area contributed by atoms with E-state index in [2.05, 4.69) is 15.2 Å². The van der Waals surface area contributed by atoms with Gasteiger partial charge in [-0.15, -0.1) is 0 Å². The minimum Gasteiger partial charge on any atom is -0.354 e. The molecule has 1 atom stereocenters. The molecule has 0 saturated carbocycles. The van der Waals surface area contributed by atoms with Crippen molar-refractivity contribution in [3.05, 3.63) is 22.5 Å². The van der Waals surface area contributed by atoms with E-state index >= 15 is 0 Å². The number of aromatic nitrogens is 1. The maximum Gasteiger partial charge on any atom is 0.270 e. The molecule has 1 unspecified atom stereocenters. The summed E-state index contributed by atoms with van der Waals surface area (Å²) >= 11 is 0. The molecule has 0 aliphatic carbocycles. The SMILES string of the molecule is CCc1c(C(=O)N2CCC(N3CCNCC3)C2)[nH]c(C)c1C(C)=O. The Hall–Kier alpha value is -1.66. The number of aryl methyl sites for hydroxylation is 1. The number of carbonyl (C=O) groups excluding carboxylic acids is 2. The van der Waals surface area contributed by atoms with Gasteiger partial charge in [0.15, 0.2) is 5.78 Å². The molecule has 1 aromatic heterocycles. The fourth-order valence-electron chi connectivity index (χ4n) is 4.12. The number of nitrogens with one attached hydrogen (secondary N) is 2. The van der Waals surface area contributed by atoms with Gasteiger partial charge >= 0.3 is 0 Å². The molecule has 2 fully saturated rings. The molecule has 0 spiro atoms. The first-order valence-corrected chi connectivity index (χ1v) is 8.99. The van der Waals surface area contributed by atoms with Crippen LogP contribution >= 0.6 is 0 Å². The first-order valence-electron chi connectivity index (χ1n) is 8.99. The highest BCUT2D eigenvalue weighted by Gasteiger charge is 2.33. The third-order valence-corrected chi connectivity index (χ3v) is 5.33. The van der Waals surface area contributed by atoms with Crippen molar-refractivity contribution in [2.24, 2.45) is 0 Å². The van der Waals surface area contributed by atoms with E-state index in [-0.39, 0.29) is 11.7 Å². The van der Waals surface area contributed by atoms with Crippen molar-refractivity contribution in [3.8, 4) is 0 Å². The normalized spacial score (nSPS) is 22.1. The summed E-state index contributed by atoms with van der Waals surface area (Å²) in [5, 5.41) is 3.37. The topological polar surface area (TPSA) is 68.4 Å². The monoisotopic (exact) mass is 332 g/mol. The average Bonchev–Trinajstić information content (AvgIpc) is 3.19. The Bertz CT molecular complexity index is 631. The molecule has 0 bridgehead atoms. The highest BCUT2D eigenvalue weighted by molar-refractivity contribution is 6.02. The molecule has 6 nitrogen and oxygen atoms in total. The van der Waals surface area contributed by atoms with Crippen molar-refractivity contribution in [2.75, 3.05) is 39.3 Å². The number of hydrogen-bond donors (Lipinski definition) is 2. The molecule has 2 N–H and O–H groups in total. The van der Waals surface area contributed by atoms with E-state index in [1.54, 1.807) is 6.92 Å². The maximum atomic E-state index is 13.0. The Labute approximate surface area is 143 Å². The maximum absolute atomic E-state index is 13.0. The van der Waals surface area contributed by atoms with Gasteiger partial charge in [-0.3, -0.25) is 14.5 Å². The van der Waals surface area contributed by atoms with E-state index < -0.39 is 0 Å². The van der Waals surface area contributed by atoms with E-state index in [1.807, 2.05) is 18.7 Å². The van der Waals surface area contributed by atoms with Crippen molar-refractivity contribution in [1.82, 2.24) is 20.1 Å². The summed E-state index contributed by atoms with van der Waals surface area (Å²) in [6.45, 7) is 11.2. The average molecular weight is 332 g/mol. The third-order valence-electron chi connectivity index (χ3n) is 5.33. The number of piperazine rings is 1. The molecule has 132 valence electrons. The second-order valence-electron chi connectivity index (χ2n) is 6.87. The van der Waals surface area contributed by atoms with Gasteiger partial charge < -0.3 is 15.2 Å². The summed E-state index contributed by atoms with van der Waals surface area (Å²) in [6.07, 6.45) is 1.72. The summed E-state index contributed by atoms with van der Waals surface area (Å²) in [7, 11) is 0. The zero-order valence-electron chi connectivity index (χ0n) is 14.9. The Balaban J connectivity index is 1.75. The zero-order valence-corrected chi connectivity index (χ0v) is 14.9. The van der Waals surface area contributed by atoms with Crippen LogP contribution in [0, 0.1) is 6.92 Å². The number of ketones is 1. The molecule has 3 rings (SSSR count). The lowest BCUT2D eigenvalue weighted by atomic mass is 10.0. The van der Waals surface area contributed by atoms with Crippen LogP contribution < -0.4 is 5.32 Å². The number of rotatable bonds is 4. The Morgan fingerprint density at radius 1 is 1.21 bits per heavy atom. The van der Waals surface area contributed by atoms with Crippen molar-refractivity contribution < 1.29 is 9.59 Å². The van der Waals surface area contributed by atoms with Gasteiger partial charge in [-0.2, -0.15) is 0 Å². The number of amides is 1. The molecule has 1 aromatic rings. The summed E-state index contributed by atoms with van der Waals surface area (Å²) in [5.41, 5.74) is 2.98. The standard InChI is InChI=1S/C18H28N4O2/c1-4-15-16(13(3)23)12(2)20-17(15)18(24)22-8-5-14(11-22)21-9-6-19-7-10-21/h14,19-20H,4-11H2,1-3H3. The number of likely N-dealkylation sites (tertiary alicyclic amines) is 1.